The van der Waals surface area contributed by atoms with Gasteiger partial charge in [0.1, 0.15) is 10.8 Å². The molecule has 0 unspecified atom stereocenters. The first-order chi connectivity index (χ1) is 14.0. The van der Waals surface area contributed by atoms with Crippen LogP contribution >= 0.6 is 11.3 Å². The Kier molecular flexibility index (Phi) is 6.38. The maximum absolute atomic E-state index is 13.4. The third-order valence-corrected chi connectivity index (χ3v) is 5.79. The molecule has 0 atom stereocenters. The number of hydrogen-bond donors (Lipinski definition) is 1. The number of pyridine rings is 1. The van der Waals surface area contributed by atoms with Crippen LogP contribution in [0.2, 0.25) is 0 Å². The minimum absolute atomic E-state index is 0.221. The Morgan fingerprint density at radius 1 is 1.24 bits per heavy atom. The van der Waals surface area contributed by atoms with Crippen molar-refractivity contribution in [1.82, 2.24) is 10.1 Å². The summed E-state index contributed by atoms with van der Waals surface area (Å²) < 4.78 is 5.35. The lowest BCUT2D eigenvalue weighted by Gasteiger charge is -2.27. The van der Waals surface area contributed by atoms with E-state index in [1.165, 1.54) is 28.6 Å². The third kappa shape index (κ3) is 4.19. The number of thiophene rings is 1. The molecule has 0 saturated heterocycles. The zero-order chi connectivity index (χ0) is 21.0. The highest BCUT2D eigenvalue weighted by molar-refractivity contribution is 7.16. The number of nitrogens with zero attached hydrogens (tertiary/aromatic N) is 3. The van der Waals surface area contributed by atoms with Crippen molar-refractivity contribution in [2.24, 2.45) is 5.84 Å². The van der Waals surface area contributed by atoms with Gasteiger partial charge in [-0.15, -0.1) is 16.5 Å². The number of amides is 1. The second-order valence-electron chi connectivity index (χ2n) is 6.40. The average molecular weight is 410 g/mol. The molecule has 0 aliphatic heterocycles. The summed E-state index contributed by atoms with van der Waals surface area (Å²) in [6.45, 7) is 4.03. The molecule has 150 valence electrons. The predicted octanol–water partition coefficient (Wildman–Crippen LogP) is 3.25. The molecule has 0 aliphatic rings. The molecule has 3 rings (SSSR count). The van der Waals surface area contributed by atoms with Crippen LogP contribution in [-0.2, 0) is 11.3 Å². The molecular formula is C21H22N4O3S. The van der Waals surface area contributed by atoms with Crippen LogP contribution < -0.4 is 15.6 Å². The second-order valence-corrected chi connectivity index (χ2v) is 7.60. The number of nitrogens with two attached hydrogens (primary N) is 1. The SMILES string of the molecule is COc1ccccc1C(=O)c1c(N(C=O)N(N)Cc2cccnc2)sc(C)c1C. The monoisotopic (exact) mass is 410 g/mol. The highest BCUT2D eigenvalue weighted by Crippen LogP contribution is 2.38. The van der Waals surface area contributed by atoms with E-state index in [0.717, 1.165) is 16.0 Å². The Morgan fingerprint density at radius 2 is 2.00 bits per heavy atom. The van der Waals surface area contributed by atoms with Gasteiger partial charge in [0.25, 0.3) is 0 Å². The summed E-state index contributed by atoms with van der Waals surface area (Å²) in [7, 11) is 1.52. The summed E-state index contributed by atoms with van der Waals surface area (Å²) in [4.78, 5) is 30.3. The smallest absolute Gasteiger partial charge is 0.230 e. The molecule has 29 heavy (non-hydrogen) atoms. The van der Waals surface area contributed by atoms with E-state index >= 15 is 0 Å². The van der Waals surface area contributed by atoms with Crippen LogP contribution in [0.4, 0.5) is 5.00 Å². The molecule has 7 nitrogen and oxygen atoms in total. The molecule has 0 spiro atoms. The average Bonchev–Trinajstić information content (AvgIpc) is 3.02. The lowest BCUT2D eigenvalue weighted by Crippen LogP contribution is -2.46. The first-order valence-corrected chi connectivity index (χ1v) is 9.72. The van der Waals surface area contributed by atoms with Crippen molar-refractivity contribution in [1.29, 1.82) is 0 Å². The van der Waals surface area contributed by atoms with Gasteiger partial charge < -0.3 is 4.74 Å². The van der Waals surface area contributed by atoms with Gasteiger partial charge >= 0.3 is 0 Å². The van der Waals surface area contributed by atoms with Crippen molar-refractivity contribution >= 4 is 28.5 Å². The fraction of sp³-hybridized carbons (Fsp3) is 0.190. The van der Waals surface area contributed by atoms with Crippen LogP contribution in [0.3, 0.4) is 0 Å². The van der Waals surface area contributed by atoms with Gasteiger partial charge in [-0.3, -0.25) is 14.6 Å². The van der Waals surface area contributed by atoms with Crippen molar-refractivity contribution in [2.45, 2.75) is 20.4 Å². The molecule has 0 aliphatic carbocycles. The molecule has 8 heteroatoms. The summed E-state index contributed by atoms with van der Waals surface area (Å²) in [5.41, 5.74) is 2.51. The highest BCUT2D eigenvalue weighted by atomic mass is 32.1. The predicted molar refractivity (Wildman–Crippen MR) is 113 cm³/mol. The number of hydrogen-bond acceptors (Lipinski definition) is 7. The van der Waals surface area contributed by atoms with Crippen LogP contribution in [-0.4, -0.2) is 29.4 Å². The number of benzene rings is 1. The quantitative estimate of drug-likeness (QED) is 0.265. The number of carbonyl (C=O) groups is 2. The molecule has 0 fully saturated rings. The van der Waals surface area contributed by atoms with E-state index in [2.05, 4.69) is 4.98 Å². The van der Waals surface area contributed by atoms with E-state index in [1.807, 2.05) is 19.9 Å². The van der Waals surface area contributed by atoms with Crippen molar-refractivity contribution in [3.05, 3.63) is 75.9 Å². The second kappa shape index (κ2) is 8.95. The van der Waals surface area contributed by atoms with Crippen LogP contribution in [0.25, 0.3) is 0 Å². The number of ether oxygens (including phenoxy) is 1. The molecule has 0 saturated carbocycles. The van der Waals surface area contributed by atoms with Crippen LogP contribution in [0.15, 0.2) is 48.8 Å². The Balaban J connectivity index is 2.02. The van der Waals surface area contributed by atoms with E-state index in [1.54, 1.807) is 42.7 Å². The van der Waals surface area contributed by atoms with Crippen molar-refractivity contribution in [2.75, 3.05) is 12.1 Å². The van der Waals surface area contributed by atoms with Gasteiger partial charge in [0.2, 0.25) is 6.41 Å². The summed E-state index contributed by atoms with van der Waals surface area (Å²) in [6, 6.07) is 10.7. The summed E-state index contributed by atoms with van der Waals surface area (Å²) in [6.07, 6.45) is 3.95. The molecule has 0 bridgehead atoms. The van der Waals surface area contributed by atoms with Gasteiger partial charge in [-0.05, 0) is 43.2 Å². The topological polar surface area (TPSA) is 88.8 Å². The summed E-state index contributed by atoms with van der Waals surface area (Å²) >= 11 is 1.34. The minimum atomic E-state index is -0.221. The highest BCUT2D eigenvalue weighted by Gasteiger charge is 2.28. The Hall–Kier alpha value is -3.07. The van der Waals surface area contributed by atoms with Crippen molar-refractivity contribution in [3.8, 4) is 5.75 Å². The Morgan fingerprint density at radius 3 is 2.66 bits per heavy atom. The molecule has 3 aromatic rings. The number of carbonyl (C=O) groups excluding carboxylic acids is 2. The molecule has 2 heterocycles. The normalized spacial score (nSPS) is 10.8. The van der Waals surface area contributed by atoms with Crippen LogP contribution in [0.1, 0.15) is 31.9 Å². The van der Waals surface area contributed by atoms with Gasteiger partial charge in [-0.2, -0.15) is 0 Å². The number of rotatable bonds is 8. The number of methoxy groups -OCH3 is 1. The van der Waals surface area contributed by atoms with Crippen molar-refractivity contribution in [3.63, 3.8) is 0 Å². The lowest BCUT2D eigenvalue weighted by molar-refractivity contribution is -0.110. The fourth-order valence-electron chi connectivity index (χ4n) is 2.98. The lowest BCUT2D eigenvalue weighted by atomic mass is 10.00. The van der Waals surface area contributed by atoms with Crippen LogP contribution in [0.5, 0.6) is 5.75 Å². The first-order valence-electron chi connectivity index (χ1n) is 8.91. The molecule has 2 aromatic heterocycles. The third-order valence-electron chi connectivity index (χ3n) is 4.60. The van der Waals surface area contributed by atoms with Gasteiger partial charge in [-0.1, -0.05) is 18.2 Å². The van der Waals surface area contributed by atoms with Crippen molar-refractivity contribution < 1.29 is 14.3 Å². The zero-order valence-electron chi connectivity index (χ0n) is 16.5. The fourth-order valence-corrected chi connectivity index (χ4v) is 4.12. The van der Waals surface area contributed by atoms with E-state index in [4.69, 9.17) is 10.6 Å². The van der Waals surface area contributed by atoms with E-state index in [0.29, 0.717) is 28.3 Å². The Labute approximate surface area is 173 Å². The van der Waals surface area contributed by atoms with Gasteiger partial charge in [0.15, 0.2) is 5.78 Å². The van der Waals surface area contributed by atoms with E-state index in [-0.39, 0.29) is 12.3 Å². The zero-order valence-corrected chi connectivity index (χ0v) is 17.3. The number of ketones is 1. The van der Waals surface area contributed by atoms with Crippen LogP contribution in [0, 0.1) is 13.8 Å². The van der Waals surface area contributed by atoms with Gasteiger partial charge in [0, 0.05) is 17.3 Å². The van der Waals surface area contributed by atoms with E-state index in [9.17, 15) is 9.59 Å². The maximum atomic E-state index is 13.4. The molecule has 2 N–H and O–H groups in total. The molecule has 1 aromatic carbocycles. The standard InChI is InChI=1S/C21H22N4O3S/c1-14-15(2)29-21(19(14)20(27)17-8-4-5-9-18(17)28-3)24(13-26)25(22)12-16-7-6-10-23-11-16/h4-11,13H,12,22H2,1-3H3. The number of aromatic nitrogens is 1. The largest absolute Gasteiger partial charge is 0.496 e. The minimum Gasteiger partial charge on any atom is -0.496 e. The number of anilines is 1. The first kappa shape index (κ1) is 20.7. The summed E-state index contributed by atoms with van der Waals surface area (Å²) in [5.74, 6) is 6.44. The molecule has 0 radical (unpaired) electrons. The Bertz CT molecular complexity index is 1020. The number of hydrazine groups is 2. The maximum Gasteiger partial charge on any atom is 0.230 e. The van der Waals surface area contributed by atoms with E-state index < -0.39 is 0 Å². The van der Waals surface area contributed by atoms with Gasteiger partial charge in [-0.25, -0.2) is 10.9 Å². The summed E-state index contributed by atoms with van der Waals surface area (Å²) in [5, 5.41) is 3.01. The number of aryl methyl sites for hydroxylation is 1. The van der Waals surface area contributed by atoms with Gasteiger partial charge in [0.05, 0.1) is 24.8 Å². The number of para-hydroxylation sites is 1. The molecule has 1 amide bonds. The molecular weight excluding hydrogens is 388 g/mol.